The SMILES string of the molecule is C1=C(c2cccc(-c3cccnc3)c2)C=C(c2cccc(-c3ccccn3)c2)CC1(c1ccccc1)c1ccccn1. The zero-order chi connectivity index (χ0) is 28.2. The van der Waals surface area contributed by atoms with Gasteiger partial charge in [0, 0.05) is 35.9 Å². The third kappa shape index (κ3) is 4.97. The van der Waals surface area contributed by atoms with Crippen molar-refractivity contribution in [2.24, 2.45) is 0 Å². The monoisotopic (exact) mass is 539 g/mol. The van der Waals surface area contributed by atoms with Gasteiger partial charge in [0.25, 0.3) is 0 Å². The van der Waals surface area contributed by atoms with Crippen molar-refractivity contribution in [1.82, 2.24) is 15.0 Å². The molecule has 0 bridgehead atoms. The highest BCUT2D eigenvalue weighted by molar-refractivity contribution is 5.90. The van der Waals surface area contributed by atoms with Crippen LogP contribution in [0.4, 0.5) is 0 Å². The zero-order valence-electron chi connectivity index (χ0n) is 23.1. The van der Waals surface area contributed by atoms with Crippen molar-refractivity contribution in [3.05, 3.63) is 187 Å². The summed E-state index contributed by atoms with van der Waals surface area (Å²) in [6.07, 6.45) is 13.0. The van der Waals surface area contributed by atoms with E-state index >= 15 is 0 Å². The Morgan fingerprint density at radius 1 is 0.524 bits per heavy atom. The van der Waals surface area contributed by atoms with E-state index in [0.29, 0.717) is 0 Å². The van der Waals surface area contributed by atoms with Gasteiger partial charge in [-0.15, -0.1) is 0 Å². The van der Waals surface area contributed by atoms with Crippen LogP contribution in [-0.4, -0.2) is 15.0 Å². The van der Waals surface area contributed by atoms with E-state index in [9.17, 15) is 0 Å². The summed E-state index contributed by atoms with van der Waals surface area (Å²) in [5, 5.41) is 0. The fourth-order valence-corrected chi connectivity index (χ4v) is 5.93. The predicted octanol–water partition coefficient (Wildman–Crippen LogP) is 9.06. The van der Waals surface area contributed by atoms with E-state index in [1.54, 1.807) is 0 Å². The van der Waals surface area contributed by atoms with Gasteiger partial charge in [-0.1, -0.05) is 97.1 Å². The number of nitrogens with zero attached hydrogens (tertiary/aromatic N) is 3. The first-order valence-electron chi connectivity index (χ1n) is 14.2. The quantitative estimate of drug-likeness (QED) is 0.212. The molecule has 1 unspecified atom stereocenters. The Labute approximate surface area is 246 Å². The van der Waals surface area contributed by atoms with Crippen molar-refractivity contribution in [1.29, 1.82) is 0 Å². The van der Waals surface area contributed by atoms with Crippen LogP contribution in [0.15, 0.2) is 164 Å². The smallest absolute Gasteiger partial charge is 0.0702 e. The van der Waals surface area contributed by atoms with Crippen LogP contribution in [0.3, 0.4) is 0 Å². The largest absolute Gasteiger partial charge is 0.264 e. The van der Waals surface area contributed by atoms with Crippen molar-refractivity contribution in [3.63, 3.8) is 0 Å². The van der Waals surface area contributed by atoms with Gasteiger partial charge >= 0.3 is 0 Å². The summed E-state index contributed by atoms with van der Waals surface area (Å²) in [5.74, 6) is 0. The number of hydrogen-bond donors (Lipinski definition) is 0. The third-order valence-electron chi connectivity index (χ3n) is 8.00. The number of pyridine rings is 3. The first-order chi connectivity index (χ1) is 20.8. The number of benzene rings is 3. The lowest BCUT2D eigenvalue weighted by molar-refractivity contribution is 0.636. The molecule has 0 radical (unpaired) electrons. The standard InChI is InChI=1S/C39H29N3/c1-2-16-36(17-3-1)39(38-19-5-7-22-42-38)26-34(30-12-8-11-29(23-30)33-15-10-20-40-28-33)25-35(27-39)31-13-9-14-32(24-31)37-18-4-6-21-41-37/h1-26,28H,27H2. The Bertz CT molecular complexity index is 1840. The molecule has 0 fully saturated rings. The number of hydrogen-bond acceptors (Lipinski definition) is 3. The summed E-state index contributed by atoms with van der Waals surface area (Å²) in [6.45, 7) is 0. The molecule has 1 aliphatic carbocycles. The van der Waals surface area contributed by atoms with Crippen molar-refractivity contribution in [2.45, 2.75) is 11.8 Å². The summed E-state index contributed by atoms with van der Waals surface area (Å²) in [7, 11) is 0. The molecule has 0 aliphatic heterocycles. The van der Waals surface area contributed by atoms with E-state index in [-0.39, 0.29) is 0 Å². The van der Waals surface area contributed by atoms with Crippen molar-refractivity contribution >= 4 is 11.1 Å². The maximum absolute atomic E-state index is 4.95. The molecule has 42 heavy (non-hydrogen) atoms. The molecule has 0 amide bonds. The molecule has 6 aromatic rings. The average Bonchev–Trinajstić information content (AvgIpc) is 3.10. The van der Waals surface area contributed by atoms with Crippen LogP contribution >= 0.6 is 0 Å². The van der Waals surface area contributed by atoms with Crippen LogP contribution < -0.4 is 0 Å². The maximum atomic E-state index is 4.95. The van der Waals surface area contributed by atoms with Crippen LogP contribution in [0.5, 0.6) is 0 Å². The van der Waals surface area contributed by atoms with Gasteiger partial charge in [-0.05, 0) is 82.3 Å². The van der Waals surface area contributed by atoms with Gasteiger partial charge in [-0.2, -0.15) is 0 Å². The minimum Gasteiger partial charge on any atom is -0.264 e. The molecule has 3 aromatic heterocycles. The topological polar surface area (TPSA) is 38.7 Å². The van der Waals surface area contributed by atoms with E-state index in [0.717, 1.165) is 40.1 Å². The Morgan fingerprint density at radius 3 is 2.00 bits per heavy atom. The molecular weight excluding hydrogens is 510 g/mol. The van der Waals surface area contributed by atoms with E-state index in [4.69, 9.17) is 4.98 Å². The lowest BCUT2D eigenvalue weighted by Gasteiger charge is -2.36. The van der Waals surface area contributed by atoms with Gasteiger partial charge in [0.05, 0.1) is 16.8 Å². The lowest BCUT2D eigenvalue weighted by Crippen LogP contribution is -2.29. The molecule has 1 aliphatic rings. The molecule has 1 atom stereocenters. The molecule has 3 aromatic carbocycles. The van der Waals surface area contributed by atoms with Gasteiger partial charge in [0.15, 0.2) is 0 Å². The van der Waals surface area contributed by atoms with Crippen molar-refractivity contribution in [2.75, 3.05) is 0 Å². The third-order valence-corrected chi connectivity index (χ3v) is 8.00. The maximum Gasteiger partial charge on any atom is 0.0702 e. The van der Waals surface area contributed by atoms with E-state index in [2.05, 4.69) is 125 Å². The van der Waals surface area contributed by atoms with Crippen LogP contribution in [0, 0.1) is 0 Å². The molecule has 0 saturated heterocycles. The summed E-state index contributed by atoms with van der Waals surface area (Å²) in [4.78, 5) is 13.9. The lowest BCUT2D eigenvalue weighted by atomic mass is 9.67. The second-order valence-corrected chi connectivity index (χ2v) is 10.6. The van der Waals surface area contributed by atoms with E-state index in [1.807, 2.05) is 49.1 Å². The molecule has 3 heterocycles. The summed E-state index contributed by atoms with van der Waals surface area (Å²) >= 11 is 0. The number of aromatic nitrogens is 3. The fourth-order valence-electron chi connectivity index (χ4n) is 5.93. The molecule has 3 nitrogen and oxygen atoms in total. The second-order valence-electron chi connectivity index (χ2n) is 10.6. The van der Waals surface area contributed by atoms with Crippen LogP contribution in [0.2, 0.25) is 0 Å². The van der Waals surface area contributed by atoms with Crippen LogP contribution in [-0.2, 0) is 5.41 Å². The van der Waals surface area contributed by atoms with Crippen molar-refractivity contribution in [3.8, 4) is 22.4 Å². The highest BCUT2D eigenvalue weighted by atomic mass is 14.7. The molecule has 0 N–H and O–H groups in total. The van der Waals surface area contributed by atoms with Gasteiger partial charge in [0.1, 0.15) is 0 Å². The van der Waals surface area contributed by atoms with Crippen LogP contribution in [0.25, 0.3) is 33.5 Å². The summed E-state index contributed by atoms with van der Waals surface area (Å²) in [5.41, 5.74) is 10.9. The minimum atomic E-state index is -0.451. The zero-order valence-corrected chi connectivity index (χ0v) is 23.1. The average molecular weight is 540 g/mol. The highest BCUT2D eigenvalue weighted by Crippen LogP contribution is 2.47. The van der Waals surface area contributed by atoms with Crippen LogP contribution in [0.1, 0.15) is 28.8 Å². The first-order valence-corrected chi connectivity index (χ1v) is 14.2. The first kappa shape index (κ1) is 25.6. The van der Waals surface area contributed by atoms with Gasteiger partial charge in [0.2, 0.25) is 0 Å². The second kappa shape index (κ2) is 11.2. The molecule has 3 heteroatoms. The number of rotatable bonds is 6. The molecule has 0 spiro atoms. The Balaban J connectivity index is 1.44. The van der Waals surface area contributed by atoms with Crippen molar-refractivity contribution < 1.29 is 0 Å². The molecule has 0 saturated carbocycles. The molecular formula is C39H29N3. The number of allylic oxidation sites excluding steroid dienone is 4. The van der Waals surface area contributed by atoms with Gasteiger partial charge in [-0.3, -0.25) is 15.0 Å². The van der Waals surface area contributed by atoms with E-state index in [1.165, 1.54) is 22.3 Å². The molecule has 200 valence electrons. The minimum absolute atomic E-state index is 0.451. The highest BCUT2D eigenvalue weighted by Gasteiger charge is 2.37. The molecule has 7 rings (SSSR count). The Kier molecular flexibility index (Phi) is 6.83. The Morgan fingerprint density at radius 2 is 1.24 bits per heavy atom. The summed E-state index contributed by atoms with van der Waals surface area (Å²) in [6, 6.07) is 44.6. The van der Waals surface area contributed by atoms with E-state index < -0.39 is 5.41 Å². The summed E-state index contributed by atoms with van der Waals surface area (Å²) < 4.78 is 0. The Hall–Kier alpha value is -5.41. The predicted molar refractivity (Wildman–Crippen MR) is 171 cm³/mol. The fraction of sp³-hybridized carbons (Fsp3) is 0.0513. The van der Waals surface area contributed by atoms with Gasteiger partial charge < -0.3 is 0 Å². The van der Waals surface area contributed by atoms with Gasteiger partial charge in [-0.25, -0.2) is 0 Å². The normalized spacial score (nSPS) is 16.4.